The van der Waals surface area contributed by atoms with Gasteiger partial charge >= 0.3 is 0 Å². The minimum atomic E-state index is -0.323. The smallest absolute Gasteiger partial charge is 0.261 e. The van der Waals surface area contributed by atoms with Gasteiger partial charge in [0, 0.05) is 59.0 Å². The molecule has 6 heterocycles. The average molecular weight is 790 g/mol. The van der Waals surface area contributed by atoms with Crippen molar-refractivity contribution in [3.63, 3.8) is 0 Å². The van der Waals surface area contributed by atoms with Crippen LogP contribution in [0.25, 0.3) is 28.4 Å². The second-order valence-corrected chi connectivity index (χ2v) is 15.2. The number of likely N-dealkylation sites (tertiary alicyclic amines) is 2. The molecular weight excluding hydrogens is 747 g/mol. The van der Waals surface area contributed by atoms with E-state index >= 15 is 0 Å². The number of anilines is 1. The highest BCUT2D eigenvalue weighted by Crippen LogP contribution is 2.32. The quantitative estimate of drug-likeness (QED) is 0.167. The molecule has 0 saturated carbocycles. The number of amides is 3. The maximum atomic E-state index is 14.1. The fourth-order valence-corrected chi connectivity index (χ4v) is 8.10. The fraction of sp³-hybridized carbons (Fsp3) is 0.295. The van der Waals surface area contributed by atoms with Crippen LogP contribution in [0.1, 0.15) is 98.9 Å². The van der Waals surface area contributed by atoms with Crippen molar-refractivity contribution in [3.8, 4) is 22.7 Å². The van der Waals surface area contributed by atoms with Crippen LogP contribution in [0.4, 0.5) is 5.69 Å². The Morgan fingerprint density at radius 1 is 0.780 bits per heavy atom. The molecule has 3 aromatic carbocycles. The maximum Gasteiger partial charge on any atom is 0.261 e. The molecule has 0 radical (unpaired) electrons. The zero-order valence-corrected chi connectivity index (χ0v) is 32.9. The van der Waals surface area contributed by atoms with E-state index in [1.165, 1.54) is 6.20 Å². The van der Waals surface area contributed by atoms with Crippen LogP contribution in [0.15, 0.2) is 102 Å². The van der Waals surface area contributed by atoms with E-state index in [4.69, 9.17) is 9.51 Å². The number of piperidine rings is 1. The van der Waals surface area contributed by atoms with Gasteiger partial charge in [0.2, 0.25) is 0 Å². The van der Waals surface area contributed by atoms with Crippen molar-refractivity contribution in [2.45, 2.75) is 64.5 Å². The molecule has 0 spiro atoms. The number of aryl methyl sites for hydroxylation is 2. The number of hydrogen-bond donors (Lipinski definition) is 1. The number of benzene rings is 3. The standard InChI is InChI=1S/C44H43N11O4/c1-28-24-29(2)55-40(46-28)36(26-45-55)41(56)47-34-17-15-30(16-18-34)37-27-54(51-49-37)35-19-22-52(23-20-35)43(57)32-12-9-13-33(25-32)44(58)53-21-8-4-7-14-38(53)39-48-42(59-50-39)31-10-5-3-6-11-31/h3,5-6,9-13,15-18,24-27,35,38H,4,7-8,14,19-23H2,1-2H3,(H,47,56). The highest BCUT2D eigenvalue weighted by Gasteiger charge is 2.32. The topological polar surface area (TPSA) is 170 Å². The Labute approximate surface area is 340 Å². The number of nitrogens with one attached hydrogen (secondary N) is 1. The van der Waals surface area contributed by atoms with Gasteiger partial charge in [0.1, 0.15) is 11.3 Å². The molecule has 0 aliphatic carbocycles. The highest BCUT2D eigenvalue weighted by molar-refractivity contribution is 6.08. The number of carbonyl (C=O) groups is 3. The summed E-state index contributed by atoms with van der Waals surface area (Å²) in [6.45, 7) is 5.47. The van der Waals surface area contributed by atoms with Gasteiger partial charge < -0.3 is 19.6 Å². The second-order valence-electron chi connectivity index (χ2n) is 15.2. The zero-order valence-electron chi connectivity index (χ0n) is 32.9. The molecule has 298 valence electrons. The lowest BCUT2D eigenvalue weighted by Crippen LogP contribution is -2.39. The second kappa shape index (κ2) is 16.1. The van der Waals surface area contributed by atoms with Crippen LogP contribution in [0.3, 0.4) is 0 Å². The summed E-state index contributed by atoms with van der Waals surface area (Å²) in [7, 11) is 0. The van der Waals surface area contributed by atoms with Crippen molar-refractivity contribution in [3.05, 3.63) is 131 Å². The monoisotopic (exact) mass is 789 g/mol. The summed E-state index contributed by atoms with van der Waals surface area (Å²) < 4.78 is 9.15. The molecule has 2 aliphatic rings. The van der Waals surface area contributed by atoms with Crippen LogP contribution in [0, 0.1) is 13.8 Å². The van der Waals surface area contributed by atoms with Gasteiger partial charge in [0.15, 0.2) is 11.5 Å². The van der Waals surface area contributed by atoms with E-state index in [0.717, 1.165) is 48.2 Å². The van der Waals surface area contributed by atoms with Gasteiger partial charge in [-0.2, -0.15) is 10.1 Å². The van der Waals surface area contributed by atoms with Crippen LogP contribution < -0.4 is 5.32 Å². The molecule has 15 nitrogen and oxygen atoms in total. The Morgan fingerprint density at radius 3 is 2.36 bits per heavy atom. The molecular formula is C44H43N11O4. The van der Waals surface area contributed by atoms with Gasteiger partial charge in [0.05, 0.1) is 24.5 Å². The number of hydrogen-bond acceptors (Lipinski definition) is 10. The minimum Gasteiger partial charge on any atom is -0.338 e. The first-order valence-electron chi connectivity index (χ1n) is 20.0. The van der Waals surface area contributed by atoms with Gasteiger partial charge in [-0.25, -0.2) is 14.2 Å². The van der Waals surface area contributed by atoms with Crippen molar-refractivity contribution >= 4 is 29.1 Å². The molecule has 15 heteroatoms. The molecule has 2 saturated heterocycles. The number of aromatic nitrogens is 8. The van der Waals surface area contributed by atoms with E-state index in [2.05, 4.69) is 30.9 Å². The predicted molar refractivity (Wildman–Crippen MR) is 218 cm³/mol. The van der Waals surface area contributed by atoms with Gasteiger partial charge in [-0.1, -0.05) is 59.6 Å². The summed E-state index contributed by atoms with van der Waals surface area (Å²) in [5, 5.41) is 20.4. The summed E-state index contributed by atoms with van der Waals surface area (Å²) >= 11 is 0. The highest BCUT2D eigenvalue weighted by atomic mass is 16.5. The summed E-state index contributed by atoms with van der Waals surface area (Å²) in [6, 6.07) is 25.8. The van der Waals surface area contributed by atoms with E-state index < -0.39 is 0 Å². The minimum absolute atomic E-state index is 0.0750. The van der Waals surface area contributed by atoms with Crippen molar-refractivity contribution in [2.24, 2.45) is 0 Å². The SMILES string of the molecule is Cc1cc(C)n2ncc(C(=O)Nc3ccc(-c4cn(C5CCN(C(=O)c6cccc(C(=O)N7CCCCCC7c7noc(-c8ccccc8)n7)c6)CC5)nn4)cc3)c2n1. The van der Waals surface area contributed by atoms with Crippen LogP contribution >= 0.6 is 0 Å². The first-order valence-corrected chi connectivity index (χ1v) is 20.0. The van der Waals surface area contributed by atoms with Crippen LogP contribution in [0.2, 0.25) is 0 Å². The zero-order chi connectivity index (χ0) is 40.5. The Kier molecular flexibility index (Phi) is 10.2. The van der Waals surface area contributed by atoms with Crippen molar-refractivity contribution in [2.75, 3.05) is 25.0 Å². The summed E-state index contributed by atoms with van der Waals surface area (Å²) in [6.07, 6.45) is 8.44. The molecule has 9 rings (SSSR count). The molecule has 2 aliphatic heterocycles. The first-order chi connectivity index (χ1) is 28.8. The third-order valence-electron chi connectivity index (χ3n) is 11.2. The Bertz CT molecular complexity index is 2640. The fourth-order valence-electron chi connectivity index (χ4n) is 8.10. The van der Waals surface area contributed by atoms with Gasteiger partial charge in [-0.3, -0.25) is 14.4 Å². The first kappa shape index (κ1) is 37.5. The summed E-state index contributed by atoms with van der Waals surface area (Å²) in [4.78, 5) is 53.9. The van der Waals surface area contributed by atoms with Crippen molar-refractivity contribution in [1.82, 2.24) is 49.5 Å². The van der Waals surface area contributed by atoms with E-state index in [1.54, 1.807) is 28.8 Å². The Morgan fingerprint density at radius 2 is 1.56 bits per heavy atom. The van der Waals surface area contributed by atoms with Gasteiger partial charge in [0.25, 0.3) is 23.6 Å². The Hall–Kier alpha value is -7.03. The Balaban J connectivity index is 0.816. The van der Waals surface area contributed by atoms with E-state index in [0.29, 0.717) is 77.9 Å². The lowest BCUT2D eigenvalue weighted by molar-refractivity contribution is 0.0670. The van der Waals surface area contributed by atoms with Crippen molar-refractivity contribution in [1.29, 1.82) is 0 Å². The number of rotatable bonds is 8. The van der Waals surface area contributed by atoms with E-state index in [9.17, 15) is 14.4 Å². The molecule has 7 aromatic rings. The van der Waals surface area contributed by atoms with E-state index in [-0.39, 0.29) is 29.8 Å². The summed E-state index contributed by atoms with van der Waals surface area (Å²) in [5.41, 5.74) is 6.61. The maximum absolute atomic E-state index is 14.1. The largest absolute Gasteiger partial charge is 0.338 e. The number of nitrogens with zero attached hydrogens (tertiary/aromatic N) is 10. The van der Waals surface area contributed by atoms with Crippen molar-refractivity contribution < 1.29 is 18.9 Å². The number of carbonyl (C=O) groups excluding carboxylic acids is 3. The van der Waals surface area contributed by atoms with Crippen LogP contribution in [-0.2, 0) is 0 Å². The third-order valence-corrected chi connectivity index (χ3v) is 11.2. The molecule has 1 unspecified atom stereocenters. The van der Waals surface area contributed by atoms with Gasteiger partial charge in [-0.15, -0.1) is 5.10 Å². The van der Waals surface area contributed by atoms with Crippen LogP contribution in [0.5, 0.6) is 0 Å². The predicted octanol–water partition coefficient (Wildman–Crippen LogP) is 7.14. The molecule has 0 bridgehead atoms. The summed E-state index contributed by atoms with van der Waals surface area (Å²) in [5.74, 6) is 0.380. The third kappa shape index (κ3) is 7.70. The molecule has 1 atom stereocenters. The molecule has 59 heavy (non-hydrogen) atoms. The molecule has 3 amide bonds. The normalized spacial score (nSPS) is 16.3. The average Bonchev–Trinajstić information content (AvgIpc) is 4.02. The molecule has 1 N–H and O–H groups in total. The lowest BCUT2D eigenvalue weighted by Gasteiger charge is -2.32. The number of fused-ring (bicyclic) bond motifs is 1. The van der Waals surface area contributed by atoms with Gasteiger partial charge in [-0.05, 0) is 88.1 Å². The lowest BCUT2D eigenvalue weighted by atomic mass is 10.0. The molecule has 4 aromatic heterocycles. The van der Waals surface area contributed by atoms with E-state index in [1.807, 2.05) is 95.2 Å². The molecule has 2 fully saturated rings. The van der Waals surface area contributed by atoms with Crippen LogP contribution in [-0.4, -0.2) is 86.9 Å².